The summed E-state index contributed by atoms with van der Waals surface area (Å²) in [4.78, 5) is 0. The van der Waals surface area contributed by atoms with Crippen molar-refractivity contribution in [3.8, 4) is 0 Å². The smallest absolute Gasteiger partial charge is 0.261 e. The van der Waals surface area contributed by atoms with Crippen LogP contribution in [0.25, 0.3) is 0 Å². The second kappa shape index (κ2) is 2.71. The van der Waals surface area contributed by atoms with Crippen LogP contribution in [0.4, 0.5) is 13.2 Å². The van der Waals surface area contributed by atoms with E-state index in [0.717, 1.165) is 0 Å². The third-order valence-electron chi connectivity index (χ3n) is 1.57. The molecule has 0 atom stereocenters. The molecule has 0 amide bonds. The minimum absolute atomic E-state index is 0.0139. The Kier molecular flexibility index (Phi) is 2.09. The summed E-state index contributed by atoms with van der Waals surface area (Å²) in [7, 11) is 0. The van der Waals surface area contributed by atoms with Crippen molar-refractivity contribution in [2.24, 2.45) is 0 Å². The van der Waals surface area contributed by atoms with Crippen molar-refractivity contribution in [3.05, 3.63) is 11.4 Å². The lowest BCUT2D eigenvalue weighted by molar-refractivity contribution is -0.142. The first-order valence-electron chi connectivity index (χ1n) is 3.71. The molecule has 13 heavy (non-hydrogen) atoms. The Bertz CT molecular complexity index is 266. The highest BCUT2D eigenvalue weighted by Crippen LogP contribution is 2.34. The van der Waals surface area contributed by atoms with Gasteiger partial charge in [0.05, 0.1) is 5.69 Å². The summed E-state index contributed by atoms with van der Waals surface area (Å²) in [6.45, 7) is 4.99. The molecule has 3 nitrogen and oxygen atoms in total. The van der Waals surface area contributed by atoms with Crippen LogP contribution in [-0.4, -0.2) is 15.4 Å². The Labute approximate surface area is 73.3 Å². The Morgan fingerprint density at radius 3 is 2.00 bits per heavy atom. The highest BCUT2D eigenvalue weighted by molar-refractivity contribution is 5.20. The second-order valence-corrected chi connectivity index (χ2v) is 3.78. The molecule has 1 N–H and O–H groups in total. The van der Waals surface area contributed by atoms with Gasteiger partial charge in [0.1, 0.15) is 0 Å². The predicted octanol–water partition coefficient (Wildman–Crippen LogP) is 2.12. The van der Waals surface area contributed by atoms with Gasteiger partial charge >= 0.3 is 6.18 Å². The van der Waals surface area contributed by atoms with E-state index in [2.05, 4.69) is 15.4 Å². The number of hydrogen-bond acceptors (Lipinski definition) is 2. The topological polar surface area (TPSA) is 41.6 Å². The Morgan fingerprint density at radius 1 is 1.15 bits per heavy atom. The zero-order chi connectivity index (χ0) is 10.3. The molecule has 0 unspecified atom stereocenters. The number of H-pyrrole nitrogens is 1. The molecule has 0 aliphatic rings. The van der Waals surface area contributed by atoms with E-state index in [9.17, 15) is 13.2 Å². The zero-order valence-corrected chi connectivity index (χ0v) is 7.53. The van der Waals surface area contributed by atoms with Gasteiger partial charge in [0.15, 0.2) is 5.69 Å². The molecule has 0 saturated carbocycles. The fourth-order valence-electron chi connectivity index (χ4n) is 0.949. The average molecular weight is 193 g/mol. The van der Waals surface area contributed by atoms with Gasteiger partial charge in [-0.2, -0.15) is 13.2 Å². The van der Waals surface area contributed by atoms with Gasteiger partial charge < -0.3 is 0 Å². The van der Waals surface area contributed by atoms with Crippen LogP contribution < -0.4 is 0 Å². The fourth-order valence-corrected chi connectivity index (χ4v) is 0.949. The Balaban J connectivity index is 3.19. The molecule has 1 rings (SSSR count). The van der Waals surface area contributed by atoms with Crippen LogP contribution in [0.1, 0.15) is 32.2 Å². The van der Waals surface area contributed by atoms with Gasteiger partial charge in [0, 0.05) is 5.41 Å². The number of aromatic amines is 1. The molecule has 0 radical (unpaired) electrons. The summed E-state index contributed by atoms with van der Waals surface area (Å²) in [5.74, 6) is 0. The van der Waals surface area contributed by atoms with Crippen LogP contribution in [0.15, 0.2) is 0 Å². The summed E-state index contributed by atoms with van der Waals surface area (Å²) < 4.78 is 36.9. The molecule has 1 aromatic heterocycles. The van der Waals surface area contributed by atoms with Crippen molar-refractivity contribution >= 4 is 0 Å². The van der Waals surface area contributed by atoms with E-state index >= 15 is 0 Å². The lowest BCUT2D eigenvalue weighted by Crippen LogP contribution is -2.19. The number of nitrogens with one attached hydrogen (secondary N) is 1. The van der Waals surface area contributed by atoms with Crippen molar-refractivity contribution in [1.82, 2.24) is 15.4 Å². The molecule has 6 heteroatoms. The molecule has 1 heterocycles. The maximum absolute atomic E-state index is 12.3. The molecule has 0 aliphatic heterocycles. The van der Waals surface area contributed by atoms with Gasteiger partial charge in [-0.15, -0.1) is 5.10 Å². The summed E-state index contributed by atoms with van der Waals surface area (Å²) in [5, 5.41) is 8.45. The van der Waals surface area contributed by atoms with E-state index in [1.165, 1.54) is 0 Å². The summed E-state index contributed by atoms with van der Waals surface area (Å²) in [6.07, 6.45) is -4.43. The third-order valence-corrected chi connectivity index (χ3v) is 1.57. The maximum Gasteiger partial charge on any atom is 0.437 e. The van der Waals surface area contributed by atoms with Crippen LogP contribution in [0.2, 0.25) is 0 Å². The molecular formula is C7H10F3N3. The molecular weight excluding hydrogens is 183 g/mol. The zero-order valence-electron chi connectivity index (χ0n) is 7.53. The van der Waals surface area contributed by atoms with E-state index in [1.807, 2.05) is 0 Å². The van der Waals surface area contributed by atoms with Gasteiger partial charge in [-0.25, -0.2) is 0 Å². The fraction of sp³-hybridized carbons (Fsp3) is 0.714. The van der Waals surface area contributed by atoms with Gasteiger partial charge in [-0.1, -0.05) is 26.0 Å². The number of aromatic nitrogens is 3. The lowest BCUT2D eigenvalue weighted by Gasteiger charge is -2.17. The molecule has 1 aromatic rings. The molecule has 0 fully saturated rings. The van der Waals surface area contributed by atoms with Gasteiger partial charge in [-0.05, 0) is 0 Å². The van der Waals surface area contributed by atoms with Crippen LogP contribution >= 0.6 is 0 Å². The van der Waals surface area contributed by atoms with Gasteiger partial charge in [0.2, 0.25) is 0 Å². The SMILES string of the molecule is CC(C)(C)c1[nH]nnc1C(F)(F)F. The molecule has 0 aliphatic carbocycles. The first-order chi connectivity index (χ1) is 5.73. The first kappa shape index (κ1) is 10.0. The highest BCUT2D eigenvalue weighted by Gasteiger charge is 2.40. The largest absolute Gasteiger partial charge is 0.437 e. The van der Waals surface area contributed by atoms with Gasteiger partial charge in [0.25, 0.3) is 0 Å². The van der Waals surface area contributed by atoms with Crippen molar-refractivity contribution < 1.29 is 13.2 Å². The van der Waals surface area contributed by atoms with E-state index in [-0.39, 0.29) is 5.69 Å². The monoisotopic (exact) mass is 193 g/mol. The number of nitrogens with zero attached hydrogens (tertiary/aromatic N) is 2. The van der Waals surface area contributed by atoms with E-state index in [0.29, 0.717) is 0 Å². The number of hydrogen-bond donors (Lipinski definition) is 1. The standard InChI is InChI=1S/C7H10F3N3/c1-6(2,3)4-5(7(8,9)10)12-13-11-4/h1-3H3,(H,11,12,13). The molecule has 0 saturated heterocycles. The van der Waals surface area contributed by atoms with Crippen molar-refractivity contribution in [3.63, 3.8) is 0 Å². The normalized spacial score (nSPS) is 13.4. The lowest BCUT2D eigenvalue weighted by atomic mass is 9.90. The highest BCUT2D eigenvalue weighted by atomic mass is 19.4. The Morgan fingerprint density at radius 2 is 1.69 bits per heavy atom. The quantitative estimate of drug-likeness (QED) is 0.685. The van der Waals surface area contributed by atoms with Crippen LogP contribution in [0, 0.1) is 0 Å². The van der Waals surface area contributed by atoms with E-state index < -0.39 is 17.3 Å². The second-order valence-electron chi connectivity index (χ2n) is 3.78. The molecule has 0 spiro atoms. The van der Waals surface area contributed by atoms with Crippen LogP contribution in [0.3, 0.4) is 0 Å². The number of rotatable bonds is 0. The first-order valence-corrected chi connectivity index (χ1v) is 3.71. The van der Waals surface area contributed by atoms with Gasteiger partial charge in [-0.3, -0.25) is 5.10 Å². The van der Waals surface area contributed by atoms with E-state index in [4.69, 9.17) is 0 Å². The van der Waals surface area contributed by atoms with Crippen molar-refractivity contribution in [2.75, 3.05) is 0 Å². The summed E-state index contributed by atoms with van der Waals surface area (Å²) >= 11 is 0. The third kappa shape index (κ3) is 1.99. The van der Waals surface area contributed by atoms with Crippen molar-refractivity contribution in [2.45, 2.75) is 32.4 Å². The van der Waals surface area contributed by atoms with E-state index in [1.54, 1.807) is 20.8 Å². The average Bonchev–Trinajstić information content (AvgIpc) is 2.27. The minimum atomic E-state index is -4.43. The molecule has 0 aromatic carbocycles. The minimum Gasteiger partial charge on any atom is -0.261 e. The molecule has 0 bridgehead atoms. The summed E-state index contributed by atoms with van der Waals surface area (Å²) in [6, 6.07) is 0. The number of alkyl halides is 3. The van der Waals surface area contributed by atoms with Crippen LogP contribution in [-0.2, 0) is 11.6 Å². The maximum atomic E-state index is 12.3. The van der Waals surface area contributed by atoms with Crippen molar-refractivity contribution in [1.29, 1.82) is 0 Å². The molecule has 74 valence electrons. The Hall–Kier alpha value is -1.07. The van der Waals surface area contributed by atoms with Crippen LogP contribution in [0.5, 0.6) is 0 Å². The summed E-state index contributed by atoms with van der Waals surface area (Å²) in [5.41, 5.74) is -1.55. The number of halogens is 3. The predicted molar refractivity (Wildman–Crippen MR) is 40.1 cm³/mol.